The number of carbonyl (C=O) groups is 1. The molecular formula is C20H25ClN2O3S2. The minimum Gasteiger partial charge on any atom is -0.351 e. The molecule has 2 aromatic carbocycles. The minimum atomic E-state index is -3.73. The van der Waals surface area contributed by atoms with E-state index in [4.69, 9.17) is 11.6 Å². The number of amides is 1. The summed E-state index contributed by atoms with van der Waals surface area (Å²) in [6.45, 7) is 4.70. The first-order chi connectivity index (χ1) is 13.4. The first-order valence-electron chi connectivity index (χ1n) is 9.09. The fourth-order valence-electron chi connectivity index (χ4n) is 2.65. The Morgan fingerprint density at radius 2 is 1.79 bits per heavy atom. The summed E-state index contributed by atoms with van der Waals surface area (Å²) in [6, 6.07) is 14.5. The van der Waals surface area contributed by atoms with Crippen LogP contribution in [-0.4, -0.2) is 44.0 Å². The molecule has 0 atom stereocenters. The lowest BCUT2D eigenvalue weighted by Crippen LogP contribution is -2.31. The summed E-state index contributed by atoms with van der Waals surface area (Å²) >= 11 is 7.83. The number of nitrogens with zero attached hydrogens (tertiary/aromatic N) is 1. The largest absolute Gasteiger partial charge is 0.351 e. The summed E-state index contributed by atoms with van der Waals surface area (Å²) in [7, 11) is -3.73. The van der Waals surface area contributed by atoms with Crippen LogP contribution in [0.2, 0.25) is 5.02 Å². The van der Waals surface area contributed by atoms with Gasteiger partial charge in [-0.15, -0.1) is 0 Å². The van der Waals surface area contributed by atoms with E-state index in [1.165, 1.54) is 28.1 Å². The van der Waals surface area contributed by atoms with Gasteiger partial charge in [-0.05, 0) is 23.8 Å². The fourth-order valence-corrected chi connectivity index (χ4v) is 5.43. The topological polar surface area (TPSA) is 66.5 Å². The molecule has 1 amide bonds. The zero-order valence-corrected chi connectivity index (χ0v) is 18.4. The molecule has 0 aliphatic carbocycles. The third-order valence-electron chi connectivity index (χ3n) is 4.16. The predicted octanol–water partition coefficient (Wildman–Crippen LogP) is 4.03. The molecule has 28 heavy (non-hydrogen) atoms. The van der Waals surface area contributed by atoms with Crippen LogP contribution >= 0.6 is 23.4 Å². The van der Waals surface area contributed by atoms with Gasteiger partial charge in [-0.1, -0.05) is 55.8 Å². The molecule has 0 spiro atoms. The van der Waals surface area contributed by atoms with Gasteiger partial charge in [0.05, 0.1) is 5.02 Å². The van der Waals surface area contributed by atoms with Gasteiger partial charge in [0.1, 0.15) is 4.90 Å². The normalized spacial score (nSPS) is 11.6. The molecule has 0 aliphatic rings. The third-order valence-corrected chi connectivity index (χ3v) is 7.72. The second-order valence-corrected chi connectivity index (χ2v) is 9.45. The van der Waals surface area contributed by atoms with Gasteiger partial charge in [0.2, 0.25) is 10.0 Å². The van der Waals surface area contributed by atoms with Crippen LogP contribution in [0.25, 0.3) is 0 Å². The van der Waals surface area contributed by atoms with Crippen molar-refractivity contribution in [1.82, 2.24) is 9.62 Å². The molecule has 152 valence electrons. The molecule has 2 aromatic rings. The van der Waals surface area contributed by atoms with Gasteiger partial charge in [-0.3, -0.25) is 4.79 Å². The number of benzene rings is 2. The van der Waals surface area contributed by atoms with Crippen LogP contribution in [0, 0.1) is 0 Å². The molecule has 8 heteroatoms. The van der Waals surface area contributed by atoms with Crippen LogP contribution in [0.15, 0.2) is 53.4 Å². The van der Waals surface area contributed by atoms with Gasteiger partial charge < -0.3 is 5.32 Å². The molecule has 0 saturated carbocycles. The molecule has 5 nitrogen and oxygen atoms in total. The van der Waals surface area contributed by atoms with E-state index in [-0.39, 0.29) is 21.4 Å². The number of nitrogens with one attached hydrogen (secondary N) is 1. The summed E-state index contributed by atoms with van der Waals surface area (Å²) in [4.78, 5) is 12.4. The summed E-state index contributed by atoms with van der Waals surface area (Å²) in [5.41, 5.74) is 1.52. The van der Waals surface area contributed by atoms with E-state index < -0.39 is 10.0 Å². The summed E-state index contributed by atoms with van der Waals surface area (Å²) < 4.78 is 26.8. The van der Waals surface area contributed by atoms with Crippen molar-refractivity contribution in [3.8, 4) is 0 Å². The van der Waals surface area contributed by atoms with Crippen LogP contribution in [0.4, 0.5) is 0 Å². The number of sulfonamides is 1. The van der Waals surface area contributed by atoms with Crippen molar-refractivity contribution in [2.24, 2.45) is 0 Å². The van der Waals surface area contributed by atoms with Gasteiger partial charge in [0.15, 0.2) is 0 Å². The Balaban J connectivity index is 1.96. The monoisotopic (exact) mass is 440 g/mol. The average molecular weight is 441 g/mol. The number of halogens is 1. The van der Waals surface area contributed by atoms with Crippen LogP contribution in [0.3, 0.4) is 0 Å². The Labute approximate surface area is 176 Å². The zero-order chi connectivity index (χ0) is 20.6. The molecule has 0 radical (unpaired) electrons. The Bertz CT molecular complexity index is 886. The molecule has 0 fully saturated rings. The number of rotatable bonds is 10. The second kappa shape index (κ2) is 10.9. The van der Waals surface area contributed by atoms with Crippen molar-refractivity contribution in [3.05, 3.63) is 64.7 Å². The lowest BCUT2D eigenvalue weighted by atomic mass is 10.2. The average Bonchev–Trinajstić information content (AvgIpc) is 2.69. The van der Waals surface area contributed by atoms with Crippen molar-refractivity contribution in [2.45, 2.75) is 24.5 Å². The standard InChI is InChI=1S/C20H25ClN2O3S2/c1-3-23(4-2)28(25,26)19-14-17(10-11-18(19)21)20(24)22-12-13-27-15-16-8-6-5-7-9-16/h5-11,14H,3-4,12-13,15H2,1-2H3,(H,22,24). The van der Waals surface area contributed by atoms with Gasteiger partial charge in [-0.2, -0.15) is 16.1 Å². The van der Waals surface area contributed by atoms with Crippen molar-refractivity contribution in [1.29, 1.82) is 0 Å². The van der Waals surface area contributed by atoms with Crippen LogP contribution in [-0.2, 0) is 15.8 Å². The molecule has 0 saturated heterocycles. The maximum absolute atomic E-state index is 12.7. The zero-order valence-electron chi connectivity index (χ0n) is 16.0. The highest BCUT2D eigenvalue weighted by atomic mass is 35.5. The highest BCUT2D eigenvalue weighted by Gasteiger charge is 2.25. The van der Waals surface area contributed by atoms with Gasteiger partial charge in [0.25, 0.3) is 5.91 Å². The van der Waals surface area contributed by atoms with E-state index in [2.05, 4.69) is 17.4 Å². The Morgan fingerprint density at radius 1 is 1.11 bits per heavy atom. The van der Waals surface area contributed by atoms with E-state index in [1.54, 1.807) is 25.6 Å². The lowest BCUT2D eigenvalue weighted by molar-refractivity contribution is 0.0956. The Morgan fingerprint density at radius 3 is 2.43 bits per heavy atom. The first kappa shape index (κ1) is 22.7. The predicted molar refractivity (Wildman–Crippen MR) is 116 cm³/mol. The van der Waals surface area contributed by atoms with Crippen LogP contribution < -0.4 is 5.32 Å². The Kier molecular flexibility index (Phi) is 8.82. The summed E-state index contributed by atoms with van der Waals surface area (Å²) in [6.07, 6.45) is 0. The molecule has 1 N–H and O–H groups in total. The van der Waals surface area contributed by atoms with Crippen LogP contribution in [0.1, 0.15) is 29.8 Å². The maximum Gasteiger partial charge on any atom is 0.251 e. The highest BCUT2D eigenvalue weighted by molar-refractivity contribution is 7.98. The molecule has 2 rings (SSSR count). The molecule has 0 aliphatic heterocycles. The maximum atomic E-state index is 12.7. The van der Waals surface area contributed by atoms with Crippen molar-refractivity contribution in [3.63, 3.8) is 0 Å². The second-order valence-electron chi connectivity index (χ2n) is 6.03. The quantitative estimate of drug-likeness (QED) is 0.566. The molecule has 0 bridgehead atoms. The van der Waals surface area contributed by atoms with Gasteiger partial charge in [-0.25, -0.2) is 8.42 Å². The van der Waals surface area contributed by atoms with E-state index in [0.29, 0.717) is 19.6 Å². The SMILES string of the molecule is CCN(CC)S(=O)(=O)c1cc(C(=O)NCCSCc2ccccc2)ccc1Cl. The van der Waals surface area contributed by atoms with E-state index in [1.807, 2.05) is 18.2 Å². The number of hydrogen-bond acceptors (Lipinski definition) is 4. The smallest absolute Gasteiger partial charge is 0.251 e. The van der Waals surface area contributed by atoms with E-state index >= 15 is 0 Å². The van der Waals surface area contributed by atoms with Gasteiger partial charge in [0, 0.05) is 36.7 Å². The molecule has 0 heterocycles. The lowest BCUT2D eigenvalue weighted by Gasteiger charge is -2.19. The highest BCUT2D eigenvalue weighted by Crippen LogP contribution is 2.26. The first-order valence-corrected chi connectivity index (χ1v) is 12.1. The summed E-state index contributed by atoms with van der Waals surface area (Å²) in [5, 5.41) is 2.94. The number of carbonyl (C=O) groups excluding carboxylic acids is 1. The molecule has 0 aromatic heterocycles. The summed E-state index contributed by atoms with van der Waals surface area (Å²) in [5.74, 6) is 1.33. The minimum absolute atomic E-state index is 0.0380. The van der Waals surface area contributed by atoms with Gasteiger partial charge >= 0.3 is 0 Å². The Hall–Kier alpha value is -1.54. The van der Waals surface area contributed by atoms with Crippen molar-refractivity contribution >= 4 is 39.3 Å². The van der Waals surface area contributed by atoms with E-state index in [0.717, 1.165) is 11.5 Å². The third kappa shape index (κ3) is 5.98. The van der Waals surface area contributed by atoms with Crippen molar-refractivity contribution in [2.75, 3.05) is 25.4 Å². The fraction of sp³-hybridized carbons (Fsp3) is 0.350. The molecule has 0 unspecified atom stereocenters. The van der Waals surface area contributed by atoms with E-state index in [9.17, 15) is 13.2 Å². The molecular weight excluding hydrogens is 416 g/mol. The van der Waals surface area contributed by atoms with Crippen LogP contribution in [0.5, 0.6) is 0 Å². The number of hydrogen-bond donors (Lipinski definition) is 1. The number of thioether (sulfide) groups is 1. The van der Waals surface area contributed by atoms with Crippen molar-refractivity contribution < 1.29 is 13.2 Å².